The monoisotopic (exact) mass is 309 g/mol. The molecule has 0 saturated carbocycles. The third kappa shape index (κ3) is 2.25. The first-order chi connectivity index (χ1) is 8.00. The highest BCUT2D eigenvalue weighted by Crippen LogP contribution is 2.24. The van der Waals surface area contributed by atoms with Crippen molar-refractivity contribution in [2.45, 2.75) is 13.8 Å². The summed E-state index contributed by atoms with van der Waals surface area (Å²) < 4.78 is 2.74. The Hall–Kier alpha value is -1.20. The molecule has 0 fully saturated rings. The Morgan fingerprint density at radius 3 is 2.65 bits per heavy atom. The molecule has 88 valence electrons. The van der Waals surface area contributed by atoms with Crippen LogP contribution in [0.2, 0.25) is 0 Å². The van der Waals surface area contributed by atoms with Crippen molar-refractivity contribution in [3.8, 4) is 5.69 Å². The minimum absolute atomic E-state index is 0.361. The van der Waals surface area contributed by atoms with Gasteiger partial charge in [-0.15, -0.1) is 0 Å². The van der Waals surface area contributed by atoms with Crippen LogP contribution in [0.4, 0.5) is 0 Å². The molecule has 3 nitrogen and oxygen atoms in total. The zero-order valence-corrected chi connectivity index (χ0v) is 12.0. The van der Waals surface area contributed by atoms with Gasteiger partial charge >= 0.3 is 0 Å². The lowest BCUT2D eigenvalue weighted by atomic mass is 10.2. The first kappa shape index (κ1) is 12.3. The Kier molecular flexibility index (Phi) is 3.31. The second-order valence-electron chi connectivity index (χ2n) is 3.84. The molecule has 2 N–H and O–H groups in total. The van der Waals surface area contributed by atoms with E-state index >= 15 is 0 Å². The molecule has 17 heavy (non-hydrogen) atoms. The first-order valence-electron chi connectivity index (χ1n) is 5.12. The van der Waals surface area contributed by atoms with Crippen molar-refractivity contribution < 1.29 is 0 Å². The zero-order chi connectivity index (χ0) is 12.6. The van der Waals surface area contributed by atoms with Crippen LogP contribution in [0, 0.1) is 13.8 Å². The standard InChI is InChI=1S/C12H12BrN3S/c1-7-6-8(2)16(15-7)10-5-3-4-9(13)11(10)12(14)17/h3-6H,1-2H3,(H2,14,17). The van der Waals surface area contributed by atoms with Gasteiger partial charge in [0.15, 0.2) is 0 Å². The number of nitrogens with two attached hydrogens (primary N) is 1. The fraction of sp³-hybridized carbons (Fsp3) is 0.167. The second-order valence-corrected chi connectivity index (χ2v) is 5.13. The molecule has 2 rings (SSSR count). The van der Waals surface area contributed by atoms with Gasteiger partial charge in [0, 0.05) is 15.7 Å². The van der Waals surface area contributed by atoms with Crippen LogP contribution < -0.4 is 5.73 Å². The molecular formula is C12H12BrN3S. The van der Waals surface area contributed by atoms with Crippen molar-refractivity contribution >= 4 is 33.1 Å². The summed E-state index contributed by atoms with van der Waals surface area (Å²) in [5.74, 6) is 0. The minimum atomic E-state index is 0.361. The lowest BCUT2D eigenvalue weighted by molar-refractivity contribution is 0.831. The van der Waals surface area contributed by atoms with Crippen molar-refractivity contribution in [1.29, 1.82) is 0 Å². The summed E-state index contributed by atoms with van der Waals surface area (Å²) in [7, 11) is 0. The molecule has 1 aromatic heterocycles. The van der Waals surface area contributed by atoms with E-state index in [-0.39, 0.29) is 0 Å². The van der Waals surface area contributed by atoms with Crippen LogP contribution in [-0.4, -0.2) is 14.8 Å². The third-order valence-electron chi connectivity index (χ3n) is 2.48. The summed E-state index contributed by atoms with van der Waals surface area (Å²) in [6, 6.07) is 7.84. The van der Waals surface area contributed by atoms with Crippen molar-refractivity contribution in [1.82, 2.24) is 9.78 Å². The van der Waals surface area contributed by atoms with E-state index in [2.05, 4.69) is 21.0 Å². The van der Waals surface area contributed by atoms with E-state index in [1.54, 1.807) is 0 Å². The van der Waals surface area contributed by atoms with Crippen molar-refractivity contribution in [3.63, 3.8) is 0 Å². The predicted octanol–water partition coefficient (Wildman–Crippen LogP) is 2.89. The van der Waals surface area contributed by atoms with E-state index in [0.717, 1.165) is 27.1 Å². The minimum Gasteiger partial charge on any atom is -0.389 e. The quantitative estimate of drug-likeness (QED) is 0.868. The molecule has 2 aromatic rings. The molecule has 0 saturated heterocycles. The maximum Gasteiger partial charge on any atom is 0.107 e. The molecule has 0 atom stereocenters. The number of benzene rings is 1. The van der Waals surface area contributed by atoms with Gasteiger partial charge in [-0.3, -0.25) is 0 Å². The molecule has 1 heterocycles. The van der Waals surface area contributed by atoms with Crippen LogP contribution in [0.5, 0.6) is 0 Å². The molecule has 5 heteroatoms. The largest absolute Gasteiger partial charge is 0.389 e. The molecular weight excluding hydrogens is 298 g/mol. The fourth-order valence-electron chi connectivity index (χ4n) is 1.81. The number of hydrogen-bond acceptors (Lipinski definition) is 2. The second kappa shape index (κ2) is 4.58. The van der Waals surface area contributed by atoms with Gasteiger partial charge in [-0.2, -0.15) is 5.10 Å². The van der Waals surface area contributed by atoms with Crippen molar-refractivity contribution in [2.24, 2.45) is 5.73 Å². The smallest absolute Gasteiger partial charge is 0.107 e. The maximum atomic E-state index is 5.77. The number of rotatable bonds is 2. The number of aryl methyl sites for hydroxylation is 2. The molecule has 0 spiro atoms. The third-order valence-corrected chi connectivity index (χ3v) is 3.34. The van der Waals surface area contributed by atoms with Gasteiger partial charge in [0.25, 0.3) is 0 Å². The fourth-order valence-corrected chi connectivity index (χ4v) is 2.72. The van der Waals surface area contributed by atoms with Gasteiger partial charge in [0.05, 0.1) is 11.4 Å². The Morgan fingerprint density at radius 2 is 2.12 bits per heavy atom. The highest BCUT2D eigenvalue weighted by atomic mass is 79.9. The Bertz CT molecular complexity index is 589. The highest BCUT2D eigenvalue weighted by molar-refractivity contribution is 9.10. The van der Waals surface area contributed by atoms with Gasteiger partial charge in [0.1, 0.15) is 4.99 Å². The van der Waals surface area contributed by atoms with E-state index < -0.39 is 0 Å². The molecule has 0 aliphatic carbocycles. The Balaban J connectivity index is 2.71. The van der Waals surface area contributed by atoms with Crippen LogP contribution in [0.3, 0.4) is 0 Å². The molecule has 0 radical (unpaired) electrons. The summed E-state index contributed by atoms with van der Waals surface area (Å²) >= 11 is 8.56. The maximum absolute atomic E-state index is 5.77. The average Bonchev–Trinajstić information content (AvgIpc) is 2.56. The molecule has 0 aliphatic heterocycles. The summed E-state index contributed by atoms with van der Waals surface area (Å²) in [4.78, 5) is 0.361. The summed E-state index contributed by atoms with van der Waals surface area (Å²) in [6.07, 6.45) is 0. The lowest BCUT2D eigenvalue weighted by Gasteiger charge is -2.11. The molecule has 0 bridgehead atoms. The van der Waals surface area contributed by atoms with Crippen molar-refractivity contribution in [3.05, 3.63) is 45.7 Å². The number of aromatic nitrogens is 2. The van der Waals surface area contributed by atoms with E-state index in [4.69, 9.17) is 18.0 Å². The van der Waals surface area contributed by atoms with E-state index in [0.29, 0.717) is 4.99 Å². The van der Waals surface area contributed by atoms with Crippen LogP contribution in [0.25, 0.3) is 5.69 Å². The van der Waals surface area contributed by atoms with Crippen LogP contribution in [-0.2, 0) is 0 Å². The number of nitrogens with zero attached hydrogens (tertiary/aromatic N) is 2. The number of thiocarbonyl (C=S) groups is 1. The molecule has 0 aliphatic rings. The van der Waals surface area contributed by atoms with E-state index in [1.165, 1.54) is 0 Å². The van der Waals surface area contributed by atoms with Gasteiger partial charge in [0.2, 0.25) is 0 Å². The lowest BCUT2D eigenvalue weighted by Crippen LogP contribution is -2.15. The SMILES string of the molecule is Cc1cc(C)n(-c2cccc(Br)c2C(N)=S)n1. The Labute approximate surface area is 114 Å². The zero-order valence-electron chi connectivity index (χ0n) is 9.57. The highest BCUT2D eigenvalue weighted by Gasteiger charge is 2.13. The van der Waals surface area contributed by atoms with Crippen molar-refractivity contribution in [2.75, 3.05) is 0 Å². The number of halogens is 1. The number of hydrogen-bond donors (Lipinski definition) is 1. The predicted molar refractivity (Wildman–Crippen MR) is 76.6 cm³/mol. The first-order valence-corrected chi connectivity index (χ1v) is 6.33. The topological polar surface area (TPSA) is 43.8 Å². The molecule has 0 unspecified atom stereocenters. The van der Waals surface area contributed by atoms with E-state index in [1.807, 2.05) is 42.8 Å². The Morgan fingerprint density at radius 1 is 1.41 bits per heavy atom. The summed E-state index contributed by atoms with van der Waals surface area (Å²) in [5, 5.41) is 4.45. The van der Waals surface area contributed by atoms with Crippen LogP contribution in [0.1, 0.15) is 17.0 Å². The normalized spacial score (nSPS) is 10.5. The average molecular weight is 310 g/mol. The van der Waals surface area contributed by atoms with Gasteiger partial charge in [-0.25, -0.2) is 4.68 Å². The summed E-state index contributed by atoms with van der Waals surface area (Å²) in [6.45, 7) is 3.96. The summed E-state index contributed by atoms with van der Waals surface area (Å²) in [5.41, 5.74) is 9.51. The van der Waals surface area contributed by atoms with Gasteiger partial charge < -0.3 is 5.73 Å². The molecule has 1 aromatic carbocycles. The molecule has 0 amide bonds. The van der Waals surface area contributed by atoms with Gasteiger partial charge in [-0.05, 0) is 48.0 Å². The van der Waals surface area contributed by atoms with Gasteiger partial charge in [-0.1, -0.05) is 18.3 Å². The van der Waals surface area contributed by atoms with E-state index in [9.17, 15) is 0 Å². The van der Waals surface area contributed by atoms with Crippen LogP contribution >= 0.6 is 28.1 Å². The van der Waals surface area contributed by atoms with Crippen LogP contribution in [0.15, 0.2) is 28.7 Å².